The minimum absolute atomic E-state index is 0.00836. The van der Waals surface area contributed by atoms with E-state index in [0.717, 1.165) is 57.5 Å². The number of rotatable bonds is 2. The van der Waals surface area contributed by atoms with Crippen LogP contribution in [0.3, 0.4) is 0 Å². The SMILES string of the molecule is CN1CC=C(c2cc3c(-c4nc5cc(N)ccc5s4)ccnc3s2)C12CCOC2. The standard InChI is InChI=1S/C22H20N4OS2/c1-26-8-5-16(22(26)6-9-27-12-22)19-11-15-14(4-7-24-20(15)29-19)21-25-17-10-13(23)2-3-18(17)28-21/h2-5,7,10-11H,6,8-9,12,23H2,1H3. The van der Waals surface area contributed by atoms with Gasteiger partial charge in [-0.05, 0) is 49.4 Å². The number of hydrogen-bond acceptors (Lipinski definition) is 7. The van der Waals surface area contributed by atoms with Gasteiger partial charge in [-0.1, -0.05) is 6.08 Å². The summed E-state index contributed by atoms with van der Waals surface area (Å²) in [4.78, 5) is 14.3. The minimum atomic E-state index is 0.00836. The van der Waals surface area contributed by atoms with Crippen LogP contribution in [0, 0.1) is 0 Å². The first-order valence-electron chi connectivity index (χ1n) is 9.69. The van der Waals surface area contributed by atoms with Crippen molar-refractivity contribution in [2.45, 2.75) is 12.0 Å². The average Bonchev–Trinajstić information content (AvgIpc) is 3.49. The van der Waals surface area contributed by atoms with Gasteiger partial charge in [-0.15, -0.1) is 22.7 Å². The van der Waals surface area contributed by atoms with Gasteiger partial charge >= 0.3 is 0 Å². The molecule has 0 radical (unpaired) electrons. The highest BCUT2D eigenvalue weighted by Gasteiger charge is 2.45. The number of hydrogen-bond donors (Lipinski definition) is 1. The van der Waals surface area contributed by atoms with Crippen molar-refractivity contribution in [2.24, 2.45) is 0 Å². The fourth-order valence-corrected chi connectivity index (χ4v) is 6.66. The quantitative estimate of drug-likeness (QED) is 0.479. The lowest BCUT2D eigenvalue weighted by atomic mass is 9.89. The lowest BCUT2D eigenvalue weighted by Crippen LogP contribution is -2.43. The van der Waals surface area contributed by atoms with E-state index >= 15 is 0 Å². The van der Waals surface area contributed by atoms with Crippen molar-refractivity contribution in [1.29, 1.82) is 0 Å². The maximum absolute atomic E-state index is 5.94. The van der Waals surface area contributed by atoms with Crippen LogP contribution in [0.1, 0.15) is 11.3 Å². The van der Waals surface area contributed by atoms with Gasteiger partial charge in [0.05, 0.1) is 22.4 Å². The predicted octanol–water partition coefficient (Wildman–Crippen LogP) is 4.64. The Labute approximate surface area is 176 Å². The van der Waals surface area contributed by atoms with Crippen LogP contribution in [0.2, 0.25) is 0 Å². The maximum Gasteiger partial charge on any atom is 0.125 e. The highest BCUT2D eigenvalue weighted by atomic mass is 32.1. The smallest absolute Gasteiger partial charge is 0.125 e. The molecule has 0 bridgehead atoms. The molecule has 4 aromatic rings. The van der Waals surface area contributed by atoms with E-state index in [1.165, 1.54) is 15.8 Å². The third-order valence-corrected chi connectivity index (χ3v) is 8.29. The van der Waals surface area contributed by atoms with Gasteiger partial charge < -0.3 is 10.5 Å². The van der Waals surface area contributed by atoms with Gasteiger partial charge in [0.25, 0.3) is 0 Å². The molecule has 1 aromatic carbocycles. The van der Waals surface area contributed by atoms with Crippen LogP contribution >= 0.6 is 22.7 Å². The Morgan fingerprint density at radius 3 is 3.00 bits per heavy atom. The van der Waals surface area contributed by atoms with Gasteiger partial charge in [0.15, 0.2) is 0 Å². The van der Waals surface area contributed by atoms with Crippen LogP contribution in [0.25, 0.3) is 36.6 Å². The number of nitrogen functional groups attached to an aromatic ring is 1. The third-order valence-electron chi connectivity index (χ3n) is 6.15. The molecule has 146 valence electrons. The molecule has 1 unspecified atom stereocenters. The summed E-state index contributed by atoms with van der Waals surface area (Å²) in [6.45, 7) is 2.56. The molecule has 0 saturated carbocycles. The van der Waals surface area contributed by atoms with Gasteiger partial charge in [-0.25, -0.2) is 9.97 Å². The molecular weight excluding hydrogens is 400 g/mol. The molecule has 2 aliphatic rings. The number of benzene rings is 1. The normalized spacial score (nSPS) is 22.3. The zero-order valence-corrected chi connectivity index (χ0v) is 17.6. The molecule has 0 aliphatic carbocycles. The zero-order valence-electron chi connectivity index (χ0n) is 16.0. The average molecular weight is 421 g/mol. The molecule has 3 aromatic heterocycles. The van der Waals surface area contributed by atoms with E-state index in [1.807, 2.05) is 24.4 Å². The predicted molar refractivity (Wildman–Crippen MR) is 121 cm³/mol. The first kappa shape index (κ1) is 17.5. The highest BCUT2D eigenvalue weighted by molar-refractivity contribution is 7.22. The van der Waals surface area contributed by atoms with Gasteiger partial charge in [-0.3, -0.25) is 4.90 Å². The van der Waals surface area contributed by atoms with Crippen molar-refractivity contribution >= 4 is 54.4 Å². The minimum Gasteiger partial charge on any atom is -0.399 e. The van der Waals surface area contributed by atoms with E-state index in [2.05, 4.69) is 35.1 Å². The van der Waals surface area contributed by atoms with Gasteiger partial charge in [0.2, 0.25) is 0 Å². The third kappa shape index (κ3) is 2.58. The summed E-state index contributed by atoms with van der Waals surface area (Å²) in [6, 6.07) is 10.3. The van der Waals surface area contributed by atoms with E-state index in [4.69, 9.17) is 15.5 Å². The first-order valence-corrected chi connectivity index (χ1v) is 11.3. The van der Waals surface area contributed by atoms with Crippen molar-refractivity contribution in [3.8, 4) is 10.6 Å². The summed E-state index contributed by atoms with van der Waals surface area (Å²) in [5.41, 5.74) is 10.2. The number of ether oxygens (including phenoxy) is 1. The molecule has 1 fully saturated rings. The molecule has 5 heterocycles. The number of thiophene rings is 1. The van der Waals surface area contributed by atoms with E-state index in [9.17, 15) is 0 Å². The Morgan fingerprint density at radius 1 is 1.21 bits per heavy atom. The van der Waals surface area contributed by atoms with Crippen LogP contribution in [-0.4, -0.2) is 47.2 Å². The molecule has 2 N–H and O–H groups in total. The van der Waals surface area contributed by atoms with E-state index in [-0.39, 0.29) is 5.54 Å². The lowest BCUT2D eigenvalue weighted by Gasteiger charge is -2.33. The molecule has 5 nitrogen and oxygen atoms in total. The van der Waals surface area contributed by atoms with Crippen molar-refractivity contribution in [3.05, 3.63) is 47.5 Å². The summed E-state index contributed by atoms with van der Waals surface area (Å²) < 4.78 is 6.95. The number of thiazole rings is 1. The fourth-order valence-electron chi connectivity index (χ4n) is 4.51. The second-order valence-corrected chi connectivity index (χ2v) is 9.83. The van der Waals surface area contributed by atoms with Crippen molar-refractivity contribution in [1.82, 2.24) is 14.9 Å². The van der Waals surface area contributed by atoms with Crippen molar-refractivity contribution < 1.29 is 4.74 Å². The van der Waals surface area contributed by atoms with Crippen molar-refractivity contribution in [2.75, 3.05) is 32.5 Å². The largest absolute Gasteiger partial charge is 0.399 e. The lowest BCUT2D eigenvalue weighted by molar-refractivity contribution is 0.142. The number of anilines is 1. The van der Waals surface area contributed by atoms with Gasteiger partial charge in [0.1, 0.15) is 9.84 Å². The highest BCUT2D eigenvalue weighted by Crippen LogP contribution is 2.46. The van der Waals surface area contributed by atoms with Crippen LogP contribution < -0.4 is 5.73 Å². The topological polar surface area (TPSA) is 64.3 Å². The molecule has 1 spiro atoms. The summed E-state index contributed by atoms with van der Waals surface area (Å²) in [7, 11) is 2.20. The number of likely N-dealkylation sites (N-methyl/N-ethyl adjacent to an activating group) is 1. The molecule has 0 amide bonds. The van der Waals surface area contributed by atoms with Crippen LogP contribution in [0.15, 0.2) is 42.6 Å². The van der Waals surface area contributed by atoms with E-state index < -0.39 is 0 Å². The number of aromatic nitrogens is 2. The van der Waals surface area contributed by atoms with E-state index in [0.29, 0.717) is 0 Å². The number of fused-ring (bicyclic) bond motifs is 2. The number of nitrogens with zero attached hydrogens (tertiary/aromatic N) is 3. The zero-order chi connectivity index (χ0) is 19.6. The maximum atomic E-state index is 5.94. The molecule has 2 aliphatic heterocycles. The Morgan fingerprint density at radius 2 is 2.14 bits per heavy atom. The Balaban J connectivity index is 1.49. The Hall–Kier alpha value is -2.32. The second kappa shape index (κ2) is 6.34. The fraction of sp³-hybridized carbons (Fsp3) is 0.273. The molecule has 7 heteroatoms. The Bertz CT molecular complexity index is 1280. The first-order chi connectivity index (χ1) is 14.1. The molecule has 1 saturated heterocycles. The number of pyridine rings is 1. The molecule has 1 atom stereocenters. The second-order valence-electron chi connectivity index (χ2n) is 7.77. The monoisotopic (exact) mass is 420 g/mol. The van der Waals surface area contributed by atoms with Crippen molar-refractivity contribution in [3.63, 3.8) is 0 Å². The van der Waals surface area contributed by atoms with Gasteiger partial charge in [-0.2, -0.15) is 0 Å². The molecule has 29 heavy (non-hydrogen) atoms. The molecular formula is C22H20N4OS2. The van der Waals surface area contributed by atoms with Crippen LogP contribution in [0.5, 0.6) is 0 Å². The van der Waals surface area contributed by atoms with E-state index in [1.54, 1.807) is 22.7 Å². The Kier molecular flexibility index (Phi) is 3.83. The summed E-state index contributed by atoms with van der Waals surface area (Å²) >= 11 is 3.47. The number of nitrogens with two attached hydrogens (primary N) is 1. The van der Waals surface area contributed by atoms with Crippen LogP contribution in [-0.2, 0) is 4.74 Å². The summed E-state index contributed by atoms with van der Waals surface area (Å²) in [6.07, 6.45) is 5.30. The van der Waals surface area contributed by atoms with Crippen LogP contribution in [0.4, 0.5) is 5.69 Å². The summed E-state index contributed by atoms with van der Waals surface area (Å²) in [5, 5.41) is 2.18. The summed E-state index contributed by atoms with van der Waals surface area (Å²) in [5.74, 6) is 0. The van der Waals surface area contributed by atoms with Gasteiger partial charge in [0, 0.05) is 40.9 Å². The molecule has 6 rings (SSSR count).